The third kappa shape index (κ3) is 9.46. The molecule has 0 aliphatic carbocycles. The van der Waals surface area contributed by atoms with Crippen LogP contribution in [0.25, 0.3) is 0 Å². The minimum Gasteiger partial charge on any atom is -0.489 e. The second kappa shape index (κ2) is 13.7. The minimum absolute atomic E-state index is 0. The van der Waals surface area contributed by atoms with Crippen molar-refractivity contribution < 1.29 is 14.3 Å². The molecule has 1 atom stereocenters. The summed E-state index contributed by atoms with van der Waals surface area (Å²) in [5, 5.41) is 6.56. The fourth-order valence-electron chi connectivity index (χ4n) is 2.61. The lowest BCUT2D eigenvalue weighted by Crippen LogP contribution is -2.41. The Hall–Kier alpha value is -2.49. The van der Waals surface area contributed by atoms with Gasteiger partial charge in [0, 0.05) is 27.7 Å². The number of halogens is 1. The van der Waals surface area contributed by atoms with E-state index in [4.69, 9.17) is 9.47 Å². The molecule has 2 aromatic rings. The highest BCUT2D eigenvalue weighted by Gasteiger charge is 2.08. The van der Waals surface area contributed by atoms with Gasteiger partial charge in [0.1, 0.15) is 17.6 Å². The molecule has 1 amide bonds. The van der Waals surface area contributed by atoms with Crippen LogP contribution in [0, 0.1) is 6.92 Å². The zero-order valence-electron chi connectivity index (χ0n) is 18.8. The van der Waals surface area contributed by atoms with E-state index in [0.717, 1.165) is 16.9 Å². The van der Waals surface area contributed by atoms with Crippen LogP contribution in [0.2, 0.25) is 0 Å². The number of aryl methyl sites for hydroxylation is 1. The Morgan fingerprint density at radius 2 is 1.87 bits per heavy atom. The normalized spacial score (nSPS) is 11.7. The standard InChI is InChI=1S/C23H32N4O3.HI/c1-17-9-6-7-12-21(17)30-18(2)14-25-23(24-3)26-15-19-10-8-11-20(13-19)29-16-22(28)27(4)5;/h6-13,18H,14-16H2,1-5H3,(H2,24,25,26);1H. The average molecular weight is 540 g/mol. The van der Waals surface area contributed by atoms with Crippen LogP contribution in [0.3, 0.4) is 0 Å². The van der Waals surface area contributed by atoms with Gasteiger partial charge in [-0.3, -0.25) is 9.79 Å². The molecule has 0 heterocycles. The highest BCUT2D eigenvalue weighted by atomic mass is 127. The van der Waals surface area contributed by atoms with Crippen molar-refractivity contribution >= 4 is 35.8 Å². The van der Waals surface area contributed by atoms with Gasteiger partial charge in [0.2, 0.25) is 0 Å². The molecule has 0 aliphatic rings. The third-order valence-corrected chi connectivity index (χ3v) is 4.42. The number of ether oxygens (including phenoxy) is 2. The second-order valence-corrected chi connectivity index (χ2v) is 7.22. The SMILES string of the molecule is CN=C(NCc1cccc(OCC(=O)N(C)C)c1)NCC(C)Oc1ccccc1C.I. The van der Waals surface area contributed by atoms with Gasteiger partial charge < -0.3 is 25.0 Å². The number of hydrogen-bond donors (Lipinski definition) is 2. The van der Waals surface area contributed by atoms with Crippen LogP contribution < -0.4 is 20.1 Å². The zero-order chi connectivity index (χ0) is 21.9. The Labute approximate surface area is 202 Å². The highest BCUT2D eigenvalue weighted by molar-refractivity contribution is 14.0. The molecule has 0 fully saturated rings. The van der Waals surface area contributed by atoms with Gasteiger partial charge in [-0.1, -0.05) is 30.3 Å². The summed E-state index contributed by atoms with van der Waals surface area (Å²) >= 11 is 0. The van der Waals surface area contributed by atoms with E-state index in [1.54, 1.807) is 21.1 Å². The van der Waals surface area contributed by atoms with Crippen molar-refractivity contribution in [3.63, 3.8) is 0 Å². The van der Waals surface area contributed by atoms with Gasteiger partial charge in [-0.15, -0.1) is 24.0 Å². The van der Waals surface area contributed by atoms with Crippen LogP contribution in [0.1, 0.15) is 18.1 Å². The van der Waals surface area contributed by atoms with E-state index in [0.29, 0.717) is 24.8 Å². The van der Waals surface area contributed by atoms with E-state index in [1.807, 2.05) is 62.4 Å². The Balaban J connectivity index is 0.00000480. The number of aliphatic imine (C=N–C) groups is 1. The summed E-state index contributed by atoms with van der Waals surface area (Å²) < 4.78 is 11.6. The number of hydrogen-bond acceptors (Lipinski definition) is 4. The molecular formula is C23H33IN4O3. The van der Waals surface area contributed by atoms with E-state index >= 15 is 0 Å². The van der Waals surface area contributed by atoms with Crippen LogP contribution in [-0.4, -0.2) is 57.2 Å². The second-order valence-electron chi connectivity index (χ2n) is 7.22. The van der Waals surface area contributed by atoms with Gasteiger partial charge in [-0.2, -0.15) is 0 Å². The first-order chi connectivity index (χ1) is 14.4. The van der Waals surface area contributed by atoms with Crippen LogP contribution in [0.4, 0.5) is 0 Å². The Morgan fingerprint density at radius 1 is 1.13 bits per heavy atom. The van der Waals surface area contributed by atoms with Gasteiger partial charge >= 0.3 is 0 Å². The van der Waals surface area contributed by atoms with E-state index in [9.17, 15) is 4.79 Å². The first-order valence-electron chi connectivity index (χ1n) is 9.97. The number of rotatable bonds is 9. The lowest BCUT2D eigenvalue weighted by molar-refractivity contribution is -0.130. The maximum Gasteiger partial charge on any atom is 0.259 e. The molecule has 0 spiro atoms. The van der Waals surface area contributed by atoms with Gasteiger partial charge in [0.25, 0.3) is 5.91 Å². The summed E-state index contributed by atoms with van der Waals surface area (Å²) in [6.45, 7) is 5.26. The lowest BCUT2D eigenvalue weighted by Gasteiger charge is -2.19. The Bertz CT molecular complexity index is 858. The summed E-state index contributed by atoms with van der Waals surface area (Å²) in [5.74, 6) is 2.15. The average Bonchev–Trinajstić information content (AvgIpc) is 2.74. The van der Waals surface area contributed by atoms with Gasteiger partial charge in [-0.25, -0.2) is 0 Å². The topological polar surface area (TPSA) is 75.2 Å². The molecule has 2 rings (SSSR count). The maximum absolute atomic E-state index is 11.7. The zero-order valence-corrected chi connectivity index (χ0v) is 21.2. The fraction of sp³-hybridized carbons (Fsp3) is 0.391. The molecule has 7 nitrogen and oxygen atoms in total. The van der Waals surface area contributed by atoms with Gasteiger partial charge in [0.15, 0.2) is 12.6 Å². The Morgan fingerprint density at radius 3 is 2.55 bits per heavy atom. The molecule has 0 saturated heterocycles. The fourth-order valence-corrected chi connectivity index (χ4v) is 2.61. The third-order valence-electron chi connectivity index (χ3n) is 4.42. The molecule has 0 bridgehead atoms. The number of carbonyl (C=O) groups excluding carboxylic acids is 1. The van der Waals surface area contributed by atoms with Crippen LogP contribution >= 0.6 is 24.0 Å². The number of nitrogens with one attached hydrogen (secondary N) is 2. The van der Waals surface area contributed by atoms with Crippen LogP contribution in [-0.2, 0) is 11.3 Å². The summed E-state index contributed by atoms with van der Waals surface area (Å²) in [6.07, 6.45) is -0.0180. The lowest BCUT2D eigenvalue weighted by atomic mass is 10.2. The van der Waals surface area contributed by atoms with Crippen molar-refractivity contribution in [1.82, 2.24) is 15.5 Å². The van der Waals surface area contributed by atoms with Crippen molar-refractivity contribution in [3.05, 3.63) is 59.7 Å². The van der Waals surface area contributed by atoms with Crippen molar-refractivity contribution in [2.24, 2.45) is 4.99 Å². The first-order valence-corrected chi connectivity index (χ1v) is 9.97. The van der Waals surface area contributed by atoms with Crippen molar-refractivity contribution in [1.29, 1.82) is 0 Å². The molecule has 0 radical (unpaired) electrons. The molecule has 170 valence electrons. The molecule has 1 unspecified atom stereocenters. The van der Waals surface area contributed by atoms with Crippen LogP contribution in [0.15, 0.2) is 53.5 Å². The monoisotopic (exact) mass is 540 g/mol. The largest absolute Gasteiger partial charge is 0.489 e. The van der Waals surface area contributed by atoms with Crippen molar-refractivity contribution in [2.45, 2.75) is 26.5 Å². The molecule has 2 aromatic carbocycles. The molecule has 0 saturated carbocycles. The molecule has 0 aliphatic heterocycles. The van der Waals surface area contributed by atoms with Gasteiger partial charge in [0.05, 0.1) is 6.54 Å². The van der Waals surface area contributed by atoms with E-state index < -0.39 is 0 Å². The number of nitrogens with zero attached hydrogens (tertiary/aromatic N) is 2. The predicted molar refractivity (Wildman–Crippen MR) is 136 cm³/mol. The molecule has 0 aromatic heterocycles. The maximum atomic E-state index is 11.7. The minimum atomic E-state index is -0.0786. The van der Waals surface area contributed by atoms with E-state index in [1.165, 1.54) is 4.90 Å². The Kier molecular flexibility index (Phi) is 11.8. The summed E-state index contributed by atoms with van der Waals surface area (Å²) in [4.78, 5) is 17.4. The van der Waals surface area contributed by atoms with Crippen LogP contribution in [0.5, 0.6) is 11.5 Å². The highest BCUT2D eigenvalue weighted by Crippen LogP contribution is 2.17. The molecule has 2 N–H and O–H groups in total. The van der Waals surface area contributed by atoms with Gasteiger partial charge in [-0.05, 0) is 43.2 Å². The molecule has 8 heteroatoms. The smallest absolute Gasteiger partial charge is 0.259 e. The van der Waals surface area contributed by atoms with E-state index in [2.05, 4.69) is 15.6 Å². The van der Waals surface area contributed by atoms with Crippen molar-refractivity contribution in [2.75, 3.05) is 34.3 Å². The number of guanidine groups is 1. The molecular weight excluding hydrogens is 507 g/mol. The summed E-state index contributed by atoms with van der Waals surface area (Å²) in [6, 6.07) is 15.6. The number of amides is 1. The first kappa shape index (κ1) is 26.5. The number of benzene rings is 2. The summed E-state index contributed by atoms with van der Waals surface area (Å²) in [7, 11) is 5.14. The number of para-hydroxylation sites is 1. The number of likely N-dealkylation sites (N-methyl/N-ethyl adjacent to an activating group) is 1. The van der Waals surface area contributed by atoms with E-state index in [-0.39, 0.29) is 42.6 Å². The number of carbonyl (C=O) groups is 1. The van der Waals surface area contributed by atoms with Crippen molar-refractivity contribution in [3.8, 4) is 11.5 Å². The molecule has 31 heavy (non-hydrogen) atoms. The quantitative estimate of drug-likeness (QED) is 0.291. The summed E-state index contributed by atoms with van der Waals surface area (Å²) in [5.41, 5.74) is 2.14. The predicted octanol–water partition coefficient (Wildman–Crippen LogP) is 3.21.